The highest BCUT2D eigenvalue weighted by Gasteiger charge is 2.57. The standard InChI is InChI=1S/C31H24F7N5O5/c1-14-7-16-8-17(9-20(22(16)40-11-14)42-27(46)30(33,34)35)25(44)41-12-29(47,31(36,37)38)21-10-19-24(48-13-28(19,2)26(39)45)23(43-21)15-3-5-18(32)6-4-15/h3-11,47H,12-13H2,1-2H3,(H2,39,45)(H,41,44)(H,42,46)/t28-,29?/m0/s1. The molecule has 2 aromatic heterocycles. The van der Waals surface area contributed by atoms with Gasteiger partial charge in [-0.25, -0.2) is 9.37 Å². The van der Waals surface area contributed by atoms with E-state index >= 15 is 0 Å². The van der Waals surface area contributed by atoms with E-state index in [4.69, 9.17) is 10.5 Å². The average molecular weight is 680 g/mol. The van der Waals surface area contributed by atoms with Crippen molar-refractivity contribution in [2.45, 2.75) is 37.2 Å². The van der Waals surface area contributed by atoms with Crippen LogP contribution in [-0.4, -0.2) is 58.3 Å². The highest BCUT2D eigenvalue weighted by molar-refractivity contribution is 6.07. The van der Waals surface area contributed by atoms with Crippen LogP contribution in [-0.2, 0) is 20.6 Å². The molecule has 48 heavy (non-hydrogen) atoms. The lowest BCUT2D eigenvalue weighted by molar-refractivity contribution is -0.265. The van der Waals surface area contributed by atoms with Crippen molar-refractivity contribution in [3.8, 4) is 17.0 Å². The summed E-state index contributed by atoms with van der Waals surface area (Å²) in [6, 6.07) is 8.46. The summed E-state index contributed by atoms with van der Waals surface area (Å²) in [5.41, 5.74) is -2.20. The Morgan fingerprint density at radius 1 is 1.04 bits per heavy atom. The molecule has 3 heterocycles. The zero-order valence-corrected chi connectivity index (χ0v) is 24.8. The number of anilines is 1. The van der Waals surface area contributed by atoms with Gasteiger partial charge >= 0.3 is 18.3 Å². The summed E-state index contributed by atoms with van der Waals surface area (Å²) in [6.07, 6.45) is -9.56. The molecule has 0 aliphatic carbocycles. The number of carbonyl (C=O) groups is 3. The maximum absolute atomic E-state index is 14.7. The number of carbonyl (C=O) groups excluding carboxylic acids is 3. The molecular weight excluding hydrogens is 655 g/mol. The first-order valence-electron chi connectivity index (χ1n) is 13.8. The van der Waals surface area contributed by atoms with Gasteiger partial charge in [-0.1, -0.05) is 0 Å². The lowest BCUT2D eigenvalue weighted by Crippen LogP contribution is -2.51. The van der Waals surface area contributed by atoms with Crippen molar-refractivity contribution in [1.29, 1.82) is 0 Å². The number of nitrogens with two attached hydrogens (primary N) is 1. The molecule has 2 atom stereocenters. The number of hydrogen-bond donors (Lipinski definition) is 4. The SMILES string of the molecule is Cc1cnc2c(NC(=O)C(F)(F)F)cc(C(=O)NCC(O)(c3cc4c(c(-c5ccc(F)cc5)n3)OC[C@]4(C)C(N)=O)C(F)(F)F)cc2c1. The molecule has 2 aromatic carbocycles. The van der Waals surface area contributed by atoms with E-state index in [1.807, 2.05) is 5.32 Å². The number of primary amides is 1. The third-order valence-electron chi connectivity index (χ3n) is 7.82. The van der Waals surface area contributed by atoms with Gasteiger partial charge in [0.25, 0.3) is 5.91 Å². The largest absolute Gasteiger partial charge is 0.489 e. The molecule has 1 aliphatic heterocycles. The number of nitrogens with zero attached hydrogens (tertiary/aromatic N) is 2. The number of alkyl halides is 6. The second-order valence-electron chi connectivity index (χ2n) is 11.3. The number of fused-ring (bicyclic) bond motifs is 2. The minimum absolute atomic E-state index is 0.0604. The van der Waals surface area contributed by atoms with Gasteiger partial charge < -0.3 is 26.2 Å². The topological polar surface area (TPSA) is 157 Å². The minimum Gasteiger partial charge on any atom is -0.489 e. The van der Waals surface area contributed by atoms with E-state index in [0.29, 0.717) is 5.56 Å². The van der Waals surface area contributed by atoms with Crippen LogP contribution in [0.2, 0.25) is 0 Å². The Labute approximate surface area is 266 Å². The van der Waals surface area contributed by atoms with E-state index in [9.17, 15) is 50.2 Å². The molecular formula is C31H24F7N5O5. The van der Waals surface area contributed by atoms with Gasteiger partial charge in [-0.3, -0.25) is 19.4 Å². The van der Waals surface area contributed by atoms with Crippen LogP contribution in [0.25, 0.3) is 22.2 Å². The van der Waals surface area contributed by atoms with E-state index in [-0.39, 0.29) is 40.1 Å². The van der Waals surface area contributed by atoms with Crippen LogP contribution < -0.4 is 21.1 Å². The minimum atomic E-state index is -5.53. The fourth-order valence-electron chi connectivity index (χ4n) is 5.03. The highest BCUT2D eigenvalue weighted by atomic mass is 19.4. The number of halogens is 7. The molecule has 0 saturated heterocycles. The van der Waals surface area contributed by atoms with Crippen LogP contribution in [0.4, 0.5) is 36.4 Å². The van der Waals surface area contributed by atoms with Crippen LogP contribution >= 0.6 is 0 Å². The monoisotopic (exact) mass is 679 g/mol. The summed E-state index contributed by atoms with van der Waals surface area (Å²) >= 11 is 0. The third-order valence-corrected chi connectivity index (χ3v) is 7.82. The molecule has 17 heteroatoms. The average Bonchev–Trinajstić information content (AvgIpc) is 3.36. The molecule has 5 N–H and O–H groups in total. The summed E-state index contributed by atoms with van der Waals surface area (Å²) in [5.74, 6) is -5.45. The maximum atomic E-state index is 14.7. The number of aromatic nitrogens is 2. The van der Waals surface area contributed by atoms with Crippen molar-refractivity contribution < 1.29 is 55.0 Å². The predicted octanol–water partition coefficient (Wildman–Crippen LogP) is 4.56. The quantitative estimate of drug-likeness (QED) is 0.209. The van der Waals surface area contributed by atoms with E-state index < -0.39 is 70.4 Å². The molecule has 0 fully saturated rings. The molecule has 4 aromatic rings. The van der Waals surface area contributed by atoms with E-state index in [2.05, 4.69) is 9.97 Å². The number of aliphatic hydroxyl groups is 1. The molecule has 1 unspecified atom stereocenters. The van der Waals surface area contributed by atoms with Gasteiger partial charge in [0, 0.05) is 28.3 Å². The second kappa shape index (κ2) is 11.7. The van der Waals surface area contributed by atoms with Gasteiger partial charge in [-0.2, -0.15) is 26.3 Å². The third kappa shape index (κ3) is 6.08. The Balaban J connectivity index is 1.58. The molecule has 5 rings (SSSR count). The van der Waals surface area contributed by atoms with Gasteiger partial charge in [0.15, 0.2) is 0 Å². The fraction of sp³-hybridized carbons (Fsp3) is 0.258. The van der Waals surface area contributed by atoms with Crippen LogP contribution in [0.5, 0.6) is 5.75 Å². The highest BCUT2D eigenvalue weighted by Crippen LogP contribution is 2.47. The Kier molecular flexibility index (Phi) is 8.32. The van der Waals surface area contributed by atoms with Crippen molar-refractivity contribution in [1.82, 2.24) is 15.3 Å². The molecule has 0 saturated carbocycles. The van der Waals surface area contributed by atoms with Crippen molar-refractivity contribution >= 4 is 34.3 Å². The molecule has 3 amide bonds. The Hall–Kier alpha value is -5.32. The molecule has 1 aliphatic rings. The number of benzene rings is 2. The van der Waals surface area contributed by atoms with Crippen molar-refractivity contribution in [2.75, 3.05) is 18.5 Å². The predicted molar refractivity (Wildman–Crippen MR) is 155 cm³/mol. The molecule has 10 nitrogen and oxygen atoms in total. The summed E-state index contributed by atoms with van der Waals surface area (Å²) in [7, 11) is 0. The van der Waals surface area contributed by atoms with Crippen molar-refractivity contribution in [2.24, 2.45) is 5.73 Å². The fourth-order valence-corrected chi connectivity index (χ4v) is 5.03. The normalized spacial score (nSPS) is 17.3. The molecule has 0 bridgehead atoms. The number of amides is 3. The van der Waals surface area contributed by atoms with Gasteiger partial charge in [-0.15, -0.1) is 0 Å². The van der Waals surface area contributed by atoms with Gasteiger partial charge in [-0.05, 0) is 67.9 Å². The number of aryl methyl sites for hydroxylation is 1. The van der Waals surface area contributed by atoms with Crippen LogP contribution in [0.15, 0.2) is 54.7 Å². The van der Waals surface area contributed by atoms with Gasteiger partial charge in [0.1, 0.15) is 29.3 Å². The molecule has 0 radical (unpaired) electrons. The smallest absolute Gasteiger partial charge is 0.471 e. The Morgan fingerprint density at radius 2 is 1.71 bits per heavy atom. The Bertz CT molecular complexity index is 1970. The number of rotatable bonds is 7. The van der Waals surface area contributed by atoms with Gasteiger partial charge in [0.05, 0.1) is 23.4 Å². The summed E-state index contributed by atoms with van der Waals surface area (Å²) in [6.45, 7) is 0.919. The lowest BCUT2D eigenvalue weighted by atomic mass is 9.81. The zero-order chi connectivity index (χ0) is 35.4. The van der Waals surface area contributed by atoms with E-state index in [1.54, 1.807) is 12.2 Å². The number of ether oxygens (including phenoxy) is 1. The van der Waals surface area contributed by atoms with Crippen molar-refractivity contribution in [3.05, 3.63) is 82.9 Å². The first-order valence-corrected chi connectivity index (χ1v) is 13.8. The Morgan fingerprint density at radius 3 is 2.31 bits per heavy atom. The van der Waals surface area contributed by atoms with E-state index in [0.717, 1.165) is 30.3 Å². The summed E-state index contributed by atoms with van der Waals surface area (Å²) < 4.78 is 103. The van der Waals surface area contributed by atoms with Crippen LogP contribution in [0.3, 0.4) is 0 Å². The van der Waals surface area contributed by atoms with E-state index in [1.165, 1.54) is 31.3 Å². The van der Waals surface area contributed by atoms with Crippen molar-refractivity contribution in [3.63, 3.8) is 0 Å². The first-order chi connectivity index (χ1) is 22.2. The van der Waals surface area contributed by atoms with Gasteiger partial charge in [0.2, 0.25) is 11.5 Å². The first kappa shape index (κ1) is 34.0. The van der Waals surface area contributed by atoms with Crippen LogP contribution in [0, 0.1) is 12.7 Å². The lowest BCUT2D eigenvalue weighted by Gasteiger charge is -2.31. The summed E-state index contributed by atoms with van der Waals surface area (Å²) in [4.78, 5) is 45.3. The number of hydrogen-bond acceptors (Lipinski definition) is 7. The van der Waals surface area contributed by atoms with Crippen LogP contribution in [0.1, 0.15) is 34.1 Å². The molecule has 0 spiro atoms. The maximum Gasteiger partial charge on any atom is 0.471 e. The number of nitrogens with one attached hydrogen (secondary N) is 2. The summed E-state index contributed by atoms with van der Waals surface area (Å²) in [5, 5.41) is 14.8. The number of pyridine rings is 2. The molecule has 252 valence electrons. The second-order valence-corrected chi connectivity index (χ2v) is 11.3. The zero-order valence-electron chi connectivity index (χ0n) is 24.8.